The predicted molar refractivity (Wildman–Crippen MR) is 110 cm³/mol. The lowest BCUT2D eigenvalue weighted by molar-refractivity contribution is -0.147. The number of aliphatic hydroxyl groups is 1. The summed E-state index contributed by atoms with van der Waals surface area (Å²) in [5, 5.41) is 20.5. The number of aliphatic hydroxyl groups excluding tert-OH is 1. The van der Waals surface area contributed by atoms with Crippen molar-refractivity contribution >= 4 is 23.2 Å². The molecule has 0 saturated carbocycles. The van der Waals surface area contributed by atoms with Gasteiger partial charge in [-0.3, -0.25) is 0 Å². The number of aromatic hydroxyl groups is 1. The number of β-amino-alcohol motifs (C(OH)–C–C–N with tert-alkyl or cyclic N) is 1. The lowest BCUT2D eigenvalue weighted by atomic mass is 9.86. The van der Waals surface area contributed by atoms with Gasteiger partial charge in [-0.05, 0) is 64.2 Å². The van der Waals surface area contributed by atoms with Crippen molar-refractivity contribution in [3.05, 3.63) is 22.3 Å². The first-order valence-electron chi connectivity index (χ1n) is 9.77. The molecule has 1 fully saturated rings. The number of hydrogen-bond donors (Lipinski definition) is 2. The van der Waals surface area contributed by atoms with Crippen LogP contribution in [0.15, 0.2) is 0 Å². The Morgan fingerprint density at radius 1 is 1.32 bits per heavy atom. The second-order valence-electron chi connectivity index (χ2n) is 7.98. The zero-order chi connectivity index (χ0) is 20.8. The topological polar surface area (TPSA) is 79.2 Å². The smallest absolute Gasteiger partial charge is 0.328 e. The maximum Gasteiger partial charge on any atom is 0.328 e. The Morgan fingerprint density at radius 2 is 2.00 bits per heavy atom. The molecule has 3 unspecified atom stereocenters. The number of rotatable bonds is 3. The van der Waals surface area contributed by atoms with E-state index in [0.29, 0.717) is 36.5 Å². The maximum absolute atomic E-state index is 12.4. The van der Waals surface area contributed by atoms with Crippen molar-refractivity contribution in [3.8, 4) is 11.5 Å². The Bertz CT molecular complexity index is 824. The largest absolute Gasteiger partial charge is 0.507 e. The molecule has 1 saturated heterocycles. The second-order valence-corrected chi connectivity index (χ2v) is 8.37. The highest BCUT2D eigenvalue weighted by Gasteiger charge is 2.46. The fraction of sp³-hybridized carbons (Fsp3) is 0.619. The number of fused-ring (bicyclic) bond motifs is 1. The van der Waals surface area contributed by atoms with E-state index >= 15 is 0 Å². The van der Waals surface area contributed by atoms with E-state index in [0.717, 1.165) is 28.0 Å². The fourth-order valence-electron chi connectivity index (χ4n) is 4.20. The summed E-state index contributed by atoms with van der Waals surface area (Å²) < 4.78 is 11.6. The molecule has 0 amide bonds. The van der Waals surface area contributed by atoms with Crippen molar-refractivity contribution < 1.29 is 24.5 Å². The van der Waals surface area contributed by atoms with Crippen LogP contribution in [-0.4, -0.2) is 57.0 Å². The summed E-state index contributed by atoms with van der Waals surface area (Å²) in [5.74, 6) is 0.710. The third kappa shape index (κ3) is 3.35. The number of likely N-dealkylation sites (tertiary alicyclic amines) is 1. The van der Waals surface area contributed by atoms with Gasteiger partial charge in [0.15, 0.2) is 5.60 Å². The maximum atomic E-state index is 12.4. The van der Waals surface area contributed by atoms with Gasteiger partial charge in [-0.2, -0.15) is 0 Å². The number of benzene rings is 1. The molecule has 6 nitrogen and oxygen atoms in total. The molecule has 2 N–H and O–H groups in total. The number of carbonyl (C=O) groups excluding carboxylic acids is 1. The molecule has 0 radical (unpaired) electrons. The normalized spacial score (nSPS) is 26.6. The molecule has 2 aliphatic rings. The van der Waals surface area contributed by atoms with E-state index in [1.165, 1.54) is 0 Å². The molecular formula is C21H29NO5S. The molecule has 28 heavy (non-hydrogen) atoms. The van der Waals surface area contributed by atoms with E-state index in [-0.39, 0.29) is 12.6 Å². The van der Waals surface area contributed by atoms with Crippen molar-refractivity contribution in [3.63, 3.8) is 0 Å². The standard InChI is InChI=1S/C21H29NO5S/c1-6-26-19(25)16-9-14(23)10-22(16)20(28)21(5)8-7-15-13(4)17(24)11(2)12(3)18(15)27-21/h14,16,23-24H,6-10H2,1-5H3. The average molecular weight is 408 g/mol. The van der Waals surface area contributed by atoms with Gasteiger partial charge in [-0.25, -0.2) is 4.79 Å². The number of phenols is 1. The molecular weight excluding hydrogens is 378 g/mol. The molecule has 154 valence electrons. The quantitative estimate of drug-likeness (QED) is 0.589. The van der Waals surface area contributed by atoms with Crippen LogP contribution in [0.2, 0.25) is 0 Å². The molecule has 1 aromatic rings. The second kappa shape index (κ2) is 7.52. The molecule has 3 atom stereocenters. The van der Waals surface area contributed by atoms with Crippen molar-refractivity contribution in [2.45, 2.75) is 71.6 Å². The highest BCUT2D eigenvalue weighted by Crippen LogP contribution is 2.44. The van der Waals surface area contributed by atoms with Gasteiger partial charge >= 0.3 is 5.97 Å². The van der Waals surface area contributed by atoms with Gasteiger partial charge in [0, 0.05) is 18.5 Å². The zero-order valence-corrected chi connectivity index (χ0v) is 18.0. The number of nitrogens with zero attached hydrogens (tertiary/aromatic N) is 1. The van der Waals surface area contributed by atoms with Crippen LogP contribution in [-0.2, 0) is 16.0 Å². The van der Waals surface area contributed by atoms with Gasteiger partial charge in [0.2, 0.25) is 0 Å². The van der Waals surface area contributed by atoms with Crippen LogP contribution < -0.4 is 4.74 Å². The number of ether oxygens (including phenoxy) is 2. The minimum Gasteiger partial charge on any atom is -0.507 e. The van der Waals surface area contributed by atoms with Crippen LogP contribution in [0, 0.1) is 20.8 Å². The number of esters is 1. The van der Waals surface area contributed by atoms with E-state index in [1.54, 1.807) is 11.8 Å². The Morgan fingerprint density at radius 3 is 2.64 bits per heavy atom. The molecule has 1 aromatic carbocycles. The van der Waals surface area contributed by atoms with Crippen molar-refractivity contribution in [2.24, 2.45) is 0 Å². The number of hydrogen-bond acceptors (Lipinski definition) is 6. The van der Waals surface area contributed by atoms with E-state index in [2.05, 4.69) is 0 Å². The lowest BCUT2D eigenvalue weighted by Crippen LogP contribution is -2.54. The summed E-state index contributed by atoms with van der Waals surface area (Å²) in [7, 11) is 0. The SMILES string of the molecule is CCOC(=O)C1CC(O)CN1C(=S)C1(C)CCc2c(C)c(O)c(C)c(C)c2O1. The molecule has 0 aliphatic carbocycles. The van der Waals surface area contributed by atoms with Crippen LogP contribution in [0.3, 0.4) is 0 Å². The van der Waals surface area contributed by atoms with Crippen LogP contribution >= 0.6 is 12.2 Å². The van der Waals surface area contributed by atoms with Crippen LogP contribution in [0.5, 0.6) is 11.5 Å². The van der Waals surface area contributed by atoms with Gasteiger partial charge in [-0.15, -0.1) is 0 Å². The molecule has 0 bridgehead atoms. The number of carbonyl (C=O) groups is 1. The van der Waals surface area contributed by atoms with Crippen molar-refractivity contribution in [1.29, 1.82) is 0 Å². The Labute approximate surface area is 171 Å². The third-order valence-corrected chi connectivity index (χ3v) is 6.74. The fourth-order valence-corrected chi connectivity index (χ4v) is 4.55. The number of thiocarbonyl (C=S) groups is 1. The summed E-state index contributed by atoms with van der Waals surface area (Å²) in [6.45, 7) is 9.98. The molecule has 0 aromatic heterocycles. The Balaban J connectivity index is 1.92. The first-order valence-corrected chi connectivity index (χ1v) is 10.2. The highest BCUT2D eigenvalue weighted by molar-refractivity contribution is 7.80. The summed E-state index contributed by atoms with van der Waals surface area (Å²) in [5.41, 5.74) is 2.76. The molecule has 2 heterocycles. The van der Waals surface area contributed by atoms with Gasteiger partial charge in [0.25, 0.3) is 0 Å². The minimum atomic E-state index is -0.780. The van der Waals surface area contributed by atoms with E-state index in [4.69, 9.17) is 21.7 Å². The zero-order valence-electron chi connectivity index (χ0n) is 17.2. The minimum absolute atomic E-state index is 0.286. The average Bonchev–Trinajstić information content (AvgIpc) is 3.06. The summed E-state index contributed by atoms with van der Waals surface area (Å²) >= 11 is 5.78. The van der Waals surface area contributed by atoms with Gasteiger partial charge in [-0.1, -0.05) is 12.2 Å². The van der Waals surface area contributed by atoms with Gasteiger partial charge < -0.3 is 24.6 Å². The molecule has 0 spiro atoms. The summed E-state index contributed by atoms with van der Waals surface area (Å²) in [6.07, 6.45) is 1.02. The Kier molecular flexibility index (Phi) is 5.60. The van der Waals surface area contributed by atoms with Crippen molar-refractivity contribution in [2.75, 3.05) is 13.2 Å². The molecule has 3 rings (SSSR count). The van der Waals surface area contributed by atoms with Crippen LogP contribution in [0.1, 0.15) is 48.9 Å². The van der Waals surface area contributed by atoms with Crippen molar-refractivity contribution in [1.82, 2.24) is 4.90 Å². The summed E-state index contributed by atoms with van der Waals surface area (Å²) in [4.78, 5) is 14.6. The van der Waals surface area contributed by atoms with Gasteiger partial charge in [0.05, 0.1) is 12.7 Å². The monoisotopic (exact) mass is 407 g/mol. The molecule has 2 aliphatic heterocycles. The predicted octanol–water partition coefficient (Wildman–Crippen LogP) is 2.73. The van der Waals surface area contributed by atoms with Crippen LogP contribution in [0.25, 0.3) is 0 Å². The van der Waals surface area contributed by atoms with E-state index in [9.17, 15) is 15.0 Å². The number of phenolic OH excluding ortho intramolecular Hbond substituents is 1. The van der Waals surface area contributed by atoms with E-state index in [1.807, 2.05) is 27.7 Å². The lowest BCUT2D eigenvalue weighted by Gasteiger charge is -2.42. The first kappa shape index (κ1) is 20.9. The third-order valence-electron chi connectivity index (χ3n) is 6.07. The molecule has 7 heteroatoms. The first-order chi connectivity index (χ1) is 13.1. The van der Waals surface area contributed by atoms with Gasteiger partial charge in [0.1, 0.15) is 22.5 Å². The Hall–Kier alpha value is -1.86. The van der Waals surface area contributed by atoms with Crippen LogP contribution in [0.4, 0.5) is 0 Å². The van der Waals surface area contributed by atoms with E-state index < -0.39 is 17.7 Å². The highest BCUT2D eigenvalue weighted by atomic mass is 32.1. The summed E-state index contributed by atoms with van der Waals surface area (Å²) in [6, 6.07) is -0.589.